The number of nitrogens with one attached hydrogen (secondary N) is 1. The van der Waals surface area contributed by atoms with Crippen LogP contribution in [0.1, 0.15) is 43.1 Å². The van der Waals surface area contributed by atoms with Crippen LogP contribution in [-0.4, -0.2) is 31.5 Å². The Morgan fingerprint density at radius 2 is 1.95 bits per heavy atom. The Bertz CT molecular complexity index is 658. The highest BCUT2D eigenvalue weighted by molar-refractivity contribution is 5.92. The Balaban J connectivity index is 1.72. The van der Waals surface area contributed by atoms with E-state index >= 15 is 0 Å². The van der Waals surface area contributed by atoms with E-state index in [2.05, 4.69) is 27.2 Å². The lowest BCUT2D eigenvalue weighted by Crippen LogP contribution is -2.37. The molecule has 0 radical (unpaired) electrons. The van der Waals surface area contributed by atoms with Crippen LogP contribution in [0, 0.1) is 5.92 Å². The number of nitrogens with zero attached hydrogens (tertiary/aromatic N) is 4. The second-order valence-electron chi connectivity index (χ2n) is 6.11. The molecule has 22 heavy (non-hydrogen) atoms. The second-order valence-corrected chi connectivity index (χ2v) is 6.11. The van der Waals surface area contributed by atoms with E-state index in [-0.39, 0.29) is 11.9 Å². The van der Waals surface area contributed by atoms with Gasteiger partial charge in [0.2, 0.25) is 0 Å². The van der Waals surface area contributed by atoms with Gasteiger partial charge < -0.3 is 9.88 Å². The van der Waals surface area contributed by atoms with Gasteiger partial charge in [0.15, 0.2) is 0 Å². The third kappa shape index (κ3) is 3.16. The third-order valence-electron chi connectivity index (χ3n) is 4.30. The summed E-state index contributed by atoms with van der Waals surface area (Å²) in [7, 11) is 1.89. The van der Waals surface area contributed by atoms with Crippen molar-refractivity contribution in [3.63, 3.8) is 0 Å². The monoisotopic (exact) mass is 299 g/mol. The van der Waals surface area contributed by atoms with Crippen LogP contribution in [0.25, 0.3) is 11.4 Å². The Morgan fingerprint density at radius 1 is 1.18 bits per heavy atom. The predicted molar refractivity (Wildman–Crippen MR) is 83.1 cm³/mol. The summed E-state index contributed by atoms with van der Waals surface area (Å²) in [5.41, 5.74) is 1.86. The standard InChI is InChI=1S/C16H21N5O/c1-11-3-5-12(6-4-11)19-16(22)14-8-17-7-13(20-14)15-9-18-10-21(15)2/h7-12H,3-6H2,1-2H3,(H,19,22)/t11-,12-. The van der Waals surface area contributed by atoms with Crippen LogP contribution in [0.15, 0.2) is 24.9 Å². The summed E-state index contributed by atoms with van der Waals surface area (Å²) < 4.78 is 1.86. The van der Waals surface area contributed by atoms with Crippen molar-refractivity contribution >= 4 is 5.91 Å². The Kier molecular flexibility index (Phi) is 4.18. The van der Waals surface area contributed by atoms with E-state index in [9.17, 15) is 4.79 Å². The number of carbonyl (C=O) groups excluding carboxylic acids is 1. The van der Waals surface area contributed by atoms with Crippen LogP contribution in [-0.2, 0) is 7.05 Å². The molecule has 3 rings (SSSR count). The van der Waals surface area contributed by atoms with Gasteiger partial charge in [-0.3, -0.25) is 9.78 Å². The number of hydrogen-bond acceptors (Lipinski definition) is 4. The molecule has 1 fully saturated rings. The SMILES string of the molecule is Cn1cncc1-c1cncc(C(=O)N[C@H]2CC[C@H](C)CC2)n1. The maximum Gasteiger partial charge on any atom is 0.271 e. The van der Waals surface area contributed by atoms with Crippen LogP contribution in [0.2, 0.25) is 0 Å². The van der Waals surface area contributed by atoms with Gasteiger partial charge in [-0.05, 0) is 31.6 Å². The number of amides is 1. The molecule has 2 heterocycles. The van der Waals surface area contributed by atoms with Gasteiger partial charge in [0.25, 0.3) is 5.91 Å². The Labute approximate surface area is 130 Å². The van der Waals surface area contributed by atoms with Crippen molar-refractivity contribution in [2.75, 3.05) is 0 Å². The van der Waals surface area contributed by atoms with Crippen molar-refractivity contribution < 1.29 is 4.79 Å². The molecule has 0 spiro atoms. The van der Waals surface area contributed by atoms with Gasteiger partial charge in [-0.2, -0.15) is 0 Å². The first-order chi connectivity index (χ1) is 10.6. The zero-order chi connectivity index (χ0) is 15.5. The van der Waals surface area contributed by atoms with E-state index in [0.29, 0.717) is 11.4 Å². The molecule has 6 heteroatoms. The minimum Gasteiger partial charge on any atom is -0.348 e. The molecule has 0 unspecified atom stereocenters. The normalized spacial score (nSPS) is 21.5. The molecule has 1 aliphatic carbocycles. The summed E-state index contributed by atoms with van der Waals surface area (Å²) >= 11 is 0. The molecule has 2 aromatic heterocycles. The highest BCUT2D eigenvalue weighted by Gasteiger charge is 2.21. The summed E-state index contributed by atoms with van der Waals surface area (Å²) in [6, 6.07) is 0.255. The number of imidazole rings is 1. The topological polar surface area (TPSA) is 72.7 Å². The van der Waals surface area contributed by atoms with E-state index in [1.807, 2.05) is 11.6 Å². The molecule has 0 atom stereocenters. The van der Waals surface area contributed by atoms with Gasteiger partial charge in [0.1, 0.15) is 11.4 Å². The van der Waals surface area contributed by atoms with Gasteiger partial charge in [0, 0.05) is 13.1 Å². The fraction of sp³-hybridized carbons (Fsp3) is 0.500. The Morgan fingerprint density at radius 3 is 2.64 bits per heavy atom. The van der Waals surface area contributed by atoms with Gasteiger partial charge in [-0.1, -0.05) is 6.92 Å². The predicted octanol–water partition coefficient (Wildman–Crippen LogP) is 2.19. The first-order valence-electron chi connectivity index (χ1n) is 7.73. The average molecular weight is 299 g/mol. The van der Waals surface area contributed by atoms with Crippen LogP contribution < -0.4 is 5.32 Å². The molecule has 1 aliphatic rings. The molecule has 1 N–H and O–H groups in total. The highest BCUT2D eigenvalue weighted by atomic mass is 16.1. The molecule has 0 saturated heterocycles. The fourth-order valence-electron chi connectivity index (χ4n) is 2.87. The van der Waals surface area contributed by atoms with Gasteiger partial charge in [0.05, 0.1) is 30.6 Å². The summed E-state index contributed by atoms with van der Waals surface area (Å²) in [6.07, 6.45) is 11.0. The third-order valence-corrected chi connectivity index (χ3v) is 4.30. The van der Waals surface area contributed by atoms with Crippen LogP contribution in [0.4, 0.5) is 0 Å². The smallest absolute Gasteiger partial charge is 0.271 e. The van der Waals surface area contributed by atoms with Crippen molar-refractivity contribution in [1.29, 1.82) is 0 Å². The van der Waals surface area contributed by atoms with Crippen molar-refractivity contribution in [2.45, 2.75) is 38.6 Å². The molecule has 116 valence electrons. The first-order valence-corrected chi connectivity index (χ1v) is 7.73. The summed E-state index contributed by atoms with van der Waals surface area (Å²) in [4.78, 5) is 25.0. The van der Waals surface area contributed by atoms with Gasteiger partial charge >= 0.3 is 0 Å². The molecule has 6 nitrogen and oxygen atoms in total. The van der Waals surface area contributed by atoms with E-state index in [1.54, 1.807) is 18.7 Å². The molecule has 1 saturated carbocycles. The van der Waals surface area contributed by atoms with Crippen molar-refractivity contribution in [3.05, 3.63) is 30.6 Å². The number of carbonyl (C=O) groups is 1. The van der Waals surface area contributed by atoms with E-state index in [1.165, 1.54) is 19.0 Å². The summed E-state index contributed by atoms with van der Waals surface area (Å²) in [6.45, 7) is 2.26. The quantitative estimate of drug-likeness (QED) is 0.943. The van der Waals surface area contributed by atoms with E-state index < -0.39 is 0 Å². The molecule has 2 aromatic rings. The van der Waals surface area contributed by atoms with Crippen LogP contribution in [0.5, 0.6) is 0 Å². The largest absolute Gasteiger partial charge is 0.348 e. The minimum atomic E-state index is -0.143. The molecule has 0 aromatic carbocycles. The lowest BCUT2D eigenvalue weighted by atomic mass is 9.87. The van der Waals surface area contributed by atoms with E-state index in [4.69, 9.17) is 0 Å². The second kappa shape index (κ2) is 6.25. The van der Waals surface area contributed by atoms with Crippen molar-refractivity contribution in [2.24, 2.45) is 13.0 Å². The zero-order valence-electron chi connectivity index (χ0n) is 13.0. The molecular formula is C16H21N5O. The Hall–Kier alpha value is -2.24. The van der Waals surface area contributed by atoms with Crippen LogP contribution >= 0.6 is 0 Å². The van der Waals surface area contributed by atoms with Gasteiger partial charge in [-0.15, -0.1) is 0 Å². The number of aromatic nitrogens is 4. The molecule has 1 amide bonds. The van der Waals surface area contributed by atoms with Gasteiger partial charge in [-0.25, -0.2) is 9.97 Å². The van der Waals surface area contributed by atoms with Crippen molar-refractivity contribution in [1.82, 2.24) is 24.8 Å². The molecule has 0 aliphatic heterocycles. The van der Waals surface area contributed by atoms with Crippen molar-refractivity contribution in [3.8, 4) is 11.4 Å². The van der Waals surface area contributed by atoms with Crippen LogP contribution in [0.3, 0.4) is 0 Å². The summed E-state index contributed by atoms with van der Waals surface area (Å²) in [5.74, 6) is 0.622. The lowest BCUT2D eigenvalue weighted by Gasteiger charge is -2.26. The fourth-order valence-corrected chi connectivity index (χ4v) is 2.87. The number of hydrogen-bond donors (Lipinski definition) is 1. The maximum absolute atomic E-state index is 12.4. The van der Waals surface area contributed by atoms with E-state index in [0.717, 1.165) is 24.5 Å². The maximum atomic E-state index is 12.4. The average Bonchev–Trinajstić information content (AvgIpc) is 2.96. The first kappa shape index (κ1) is 14.7. The highest BCUT2D eigenvalue weighted by Crippen LogP contribution is 2.23. The number of rotatable bonds is 3. The minimum absolute atomic E-state index is 0.143. The number of aryl methyl sites for hydroxylation is 1. The summed E-state index contributed by atoms with van der Waals surface area (Å²) in [5, 5.41) is 3.08. The lowest BCUT2D eigenvalue weighted by molar-refractivity contribution is 0.0917. The molecule has 0 bridgehead atoms. The molecular weight excluding hydrogens is 278 g/mol. The zero-order valence-corrected chi connectivity index (χ0v) is 13.0.